The number of nitrogens with zero attached hydrogens (tertiary/aromatic N) is 1. The molecule has 1 unspecified atom stereocenters. The first-order chi connectivity index (χ1) is 9.22. The second-order valence-corrected chi connectivity index (χ2v) is 4.93. The number of halogens is 1. The highest BCUT2D eigenvalue weighted by atomic mass is 19.1. The van der Waals surface area contributed by atoms with Crippen molar-refractivity contribution in [3.63, 3.8) is 0 Å². The molecular weight excluding hydrogens is 243 g/mol. The fraction of sp³-hybridized carbons (Fsp3) is 0.600. The van der Waals surface area contributed by atoms with Crippen molar-refractivity contribution >= 4 is 0 Å². The van der Waals surface area contributed by atoms with E-state index >= 15 is 0 Å². The van der Waals surface area contributed by atoms with Crippen LogP contribution in [-0.4, -0.2) is 43.7 Å². The van der Waals surface area contributed by atoms with Crippen molar-refractivity contribution in [1.29, 1.82) is 0 Å². The lowest BCUT2D eigenvalue weighted by Crippen LogP contribution is -2.36. The smallest absolute Gasteiger partial charge is 0.123 e. The van der Waals surface area contributed by atoms with E-state index in [1.54, 1.807) is 12.1 Å². The van der Waals surface area contributed by atoms with Gasteiger partial charge in [0.1, 0.15) is 17.7 Å². The van der Waals surface area contributed by atoms with Gasteiger partial charge in [0.2, 0.25) is 0 Å². The number of ether oxygens (including phenoxy) is 1. The molecule has 1 atom stereocenters. The molecule has 0 amide bonds. The van der Waals surface area contributed by atoms with E-state index in [-0.39, 0.29) is 11.9 Å². The van der Waals surface area contributed by atoms with Gasteiger partial charge in [-0.25, -0.2) is 4.39 Å². The molecular formula is C15H23FN2O. The minimum Gasteiger partial charge on any atom is -0.488 e. The van der Waals surface area contributed by atoms with Gasteiger partial charge in [0.15, 0.2) is 0 Å². The van der Waals surface area contributed by atoms with Crippen LogP contribution in [0.3, 0.4) is 0 Å². The Hall–Kier alpha value is -1.13. The molecule has 1 N–H and O–H groups in total. The third kappa shape index (κ3) is 3.91. The van der Waals surface area contributed by atoms with Crippen molar-refractivity contribution < 1.29 is 9.13 Å². The molecule has 0 spiro atoms. The quantitative estimate of drug-likeness (QED) is 0.765. The maximum Gasteiger partial charge on any atom is 0.123 e. The zero-order valence-corrected chi connectivity index (χ0v) is 11.8. The van der Waals surface area contributed by atoms with Crippen LogP contribution in [0, 0.1) is 5.82 Å². The Balaban J connectivity index is 1.69. The van der Waals surface area contributed by atoms with Crippen molar-refractivity contribution in [3.8, 4) is 5.75 Å². The van der Waals surface area contributed by atoms with Gasteiger partial charge in [0, 0.05) is 31.6 Å². The molecule has 1 aliphatic heterocycles. The summed E-state index contributed by atoms with van der Waals surface area (Å²) in [6.45, 7) is 9.36. The first kappa shape index (κ1) is 14.3. The Labute approximate surface area is 114 Å². The predicted octanol–water partition coefficient (Wildman–Crippen LogP) is 2.06. The van der Waals surface area contributed by atoms with Gasteiger partial charge in [-0.05, 0) is 31.3 Å². The molecule has 19 heavy (non-hydrogen) atoms. The molecule has 1 aliphatic rings. The highest BCUT2D eigenvalue weighted by Gasteiger charge is 2.22. The van der Waals surface area contributed by atoms with Crippen molar-refractivity contribution in [1.82, 2.24) is 10.2 Å². The van der Waals surface area contributed by atoms with E-state index in [1.807, 2.05) is 0 Å². The largest absolute Gasteiger partial charge is 0.488 e. The van der Waals surface area contributed by atoms with Gasteiger partial charge in [-0.3, -0.25) is 0 Å². The molecule has 0 saturated carbocycles. The molecule has 0 bridgehead atoms. The maximum atomic E-state index is 13.1. The lowest BCUT2D eigenvalue weighted by Gasteiger charge is -2.19. The summed E-state index contributed by atoms with van der Waals surface area (Å²) < 4.78 is 18.9. The average Bonchev–Trinajstić information content (AvgIpc) is 2.80. The van der Waals surface area contributed by atoms with Crippen LogP contribution >= 0.6 is 0 Å². The molecule has 106 valence electrons. The summed E-state index contributed by atoms with van der Waals surface area (Å²) in [5.41, 5.74) is 0.982. The van der Waals surface area contributed by atoms with E-state index in [0.29, 0.717) is 0 Å². The molecule has 4 heteroatoms. The topological polar surface area (TPSA) is 24.5 Å². The Morgan fingerprint density at radius 2 is 2.16 bits per heavy atom. The molecule has 1 aromatic rings. The van der Waals surface area contributed by atoms with Crippen molar-refractivity contribution in [2.75, 3.05) is 32.7 Å². The Morgan fingerprint density at radius 3 is 2.89 bits per heavy atom. The average molecular weight is 266 g/mol. The fourth-order valence-electron chi connectivity index (χ4n) is 2.44. The number of benzene rings is 1. The third-order valence-electron chi connectivity index (χ3n) is 3.63. The van der Waals surface area contributed by atoms with Crippen molar-refractivity contribution in [2.45, 2.75) is 26.4 Å². The highest BCUT2D eigenvalue weighted by Crippen LogP contribution is 2.28. The summed E-state index contributed by atoms with van der Waals surface area (Å²) in [4.78, 5) is 2.38. The Kier molecular flexibility index (Phi) is 5.16. The number of rotatable bonds is 7. The molecule has 2 rings (SSSR count). The summed E-state index contributed by atoms with van der Waals surface area (Å²) >= 11 is 0. The van der Waals surface area contributed by atoms with Gasteiger partial charge in [-0.2, -0.15) is 0 Å². The first-order valence-corrected chi connectivity index (χ1v) is 7.11. The van der Waals surface area contributed by atoms with Gasteiger partial charge >= 0.3 is 0 Å². The Bertz CT molecular complexity index is 407. The minimum atomic E-state index is -0.183. The molecule has 1 aromatic carbocycles. The first-order valence-electron chi connectivity index (χ1n) is 7.11. The minimum absolute atomic E-state index is 0.133. The van der Waals surface area contributed by atoms with Crippen LogP contribution in [0.1, 0.15) is 19.4 Å². The lowest BCUT2D eigenvalue weighted by molar-refractivity contribution is 0.222. The number of fused-ring (bicyclic) bond motifs is 1. The van der Waals surface area contributed by atoms with Crippen molar-refractivity contribution in [3.05, 3.63) is 29.6 Å². The number of nitrogens with one attached hydrogen (secondary N) is 1. The third-order valence-corrected chi connectivity index (χ3v) is 3.63. The molecule has 0 aromatic heterocycles. The second kappa shape index (κ2) is 6.87. The maximum absolute atomic E-state index is 13.1. The number of hydrogen-bond acceptors (Lipinski definition) is 3. The lowest BCUT2D eigenvalue weighted by atomic mass is 10.1. The summed E-state index contributed by atoms with van der Waals surface area (Å²) in [5, 5.41) is 3.42. The van der Waals surface area contributed by atoms with Crippen LogP contribution < -0.4 is 10.1 Å². The fourth-order valence-corrected chi connectivity index (χ4v) is 2.44. The summed E-state index contributed by atoms with van der Waals surface area (Å²) in [6.07, 6.45) is 0.930. The molecule has 3 nitrogen and oxygen atoms in total. The normalized spacial score (nSPS) is 17.6. The molecule has 0 saturated heterocycles. The van der Waals surface area contributed by atoms with E-state index in [0.717, 1.165) is 50.5 Å². The zero-order chi connectivity index (χ0) is 13.7. The van der Waals surface area contributed by atoms with Gasteiger partial charge < -0.3 is 15.0 Å². The van der Waals surface area contributed by atoms with Gasteiger partial charge in [0.25, 0.3) is 0 Å². The summed E-state index contributed by atoms with van der Waals surface area (Å²) in [6, 6.07) is 4.75. The van der Waals surface area contributed by atoms with Gasteiger partial charge in [0.05, 0.1) is 0 Å². The predicted molar refractivity (Wildman–Crippen MR) is 75.2 cm³/mol. The van der Waals surface area contributed by atoms with Crippen LogP contribution in [0.25, 0.3) is 0 Å². The van der Waals surface area contributed by atoms with E-state index in [1.165, 1.54) is 6.07 Å². The zero-order valence-electron chi connectivity index (χ0n) is 11.8. The summed E-state index contributed by atoms with van der Waals surface area (Å²) in [7, 11) is 0. The van der Waals surface area contributed by atoms with Crippen LogP contribution in [0.15, 0.2) is 18.2 Å². The summed E-state index contributed by atoms with van der Waals surface area (Å²) in [5.74, 6) is 0.648. The van der Waals surface area contributed by atoms with Crippen LogP contribution in [0.4, 0.5) is 4.39 Å². The molecule has 0 radical (unpaired) electrons. The Morgan fingerprint density at radius 1 is 1.37 bits per heavy atom. The number of likely N-dealkylation sites (N-methyl/N-ethyl adjacent to an activating group) is 1. The standard InChI is InChI=1S/C15H23FN2O/c1-3-18(4-2)8-7-17-11-14-10-12-9-13(16)5-6-15(12)19-14/h5-6,9,14,17H,3-4,7-8,10-11H2,1-2H3. The van der Waals surface area contributed by atoms with Gasteiger partial charge in [-0.1, -0.05) is 13.8 Å². The van der Waals surface area contributed by atoms with E-state index in [9.17, 15) is 4.39 Å². The monoisotopic (exact) mass is 266 g/mol. The molecule has 0 fully saturated rings. The van der Waals surface area contributed by atoms with E-state index < -0.39 is 0 Å². The highest BCUT2D eigenvalue weighted by molar-refractivity contribution is 5.37. The van der Waals surface area contributed by atoms with Gasteiger partial charge in [-0.15, -0.1) is 0 Å². The number of hydrogen-bond donors (Lipinski definition) is 1. The van der Waals surface area contributed by atoms with Crippen LogP contribution in [0.5, 0.6) is 5.75 Å². The van der Waals surface area contributed by atoms with Crippen LogP contribution in [0.2, 0.25) is 0 Å². The molecule has 0 aliphatic carbocycles. The molecule has 1 heterocycles. The van der Waals surface area contributed by atoms with E-state index in [2.05, 4.69) is 24.1 Å². The van der Waals surface area contributed by atoms with E-state index in [4.69, 9.17) is 4.74 Å². The second-order valence-electron chi connectivity index (χ2n) is 4.93. The SMILES string of the molecule is CCN(CC)CCNCC1Cc2cc(F)ccc2O1. The van der Waals surface area contributed by atoms with Crippen molar-refractivity contribution in [2.24, 2.45) is 0 Å². The van der Waals surface area contributed by atoms with Crippen LogP contribution in [-0.2, 0) is 6.42 Å².